The van der Waals surface area contributed by atoms with Crippen LogP contribution in [0.1, 0.15) is 25.6 Å². The first-order valence-corrected chi connectivity index (χ1v) is 7.01. The Labute approximate surface area is 123 Å². The molecule has 4 heteroatoms. The average molecular weight is 282 g/mol. The van der Waals surface area contributed by atoms with Gasteiger partial charge in [-0.2, -0.15) is 5.10 Å². The van der Waals surface area contributed by atoms with Crippen molar-refractivity contribution in [3.63, 3.8) is 0 Å². The zero-order valence-electron chi connectivity index (χ0n) is 12.2. The number of phenols is 1. The fourth-order valence-electron chi connectivity index (χ4n) is 2.20. The molecule has 1 heterocycles. The highest BCUT2D eigenvalue weighted by atomic mass is 16.5. The maximum Gasteiger partial charge on any atom is 0.132 e. The van der Waals surface area contributed by atoms with Crippen molar-refractivity contribution >= 4 is 10.8 Å². The Morgan fingerprint density at radius 1 is 1.10 bits per heavy atom. The van der Waals surface area contributed by atoms with Crippen molar-refractivity contribution in [1.82, 2.24) is 9.78 Å². The van der Waals surface area contributed by atoms with E-state index in [1.54, 1.807) is 12.1 Å². The zero-order valence-corrected chi connectivity index (χ0v) is 12.2. The van der Waals surface area contributed by atoms with Crippen LogP contribution in [-0.4, -0.2) is 14.9 Å². The standard InChI is InChI=1S/C17H18N2O2/c1-12(2)19-8-7-15(18-19)11-21-17-6-4-13-3-5-16(20)9-14(13)10-17/h3-10,12,20H,11H2,1-2H3. The van der Waals surface area contributed by atoms with Crippen LogP contribution in [0.15, 0.2) is 48.7 Å². The van der Waals surface area contributed by atoms with E-state index in [2.05, 4.69) is 18.9 Å². The molecule has 3 aromatic rings. The van der Waals surface area contributed by atoms with Crippen LogP contribution in [0.3, 0.4) is 0 Å². The summed E-state index contributed by atoms with van der Waals surface area (Å²) in [5, 5.41) is 16.0. The Bertz CT molecular complexity index is 762. The Morgan fingerprint density at radius 3 is 2.67 bits per heavy atom. The number of nitrogens with zero attached hydrogens (tertiary/aromatic N) is 2. The number of fused-ring (bicyclic) bond motifs is 1. The molecule has 1 N–H and O–H groups in total. The molecule has 0 bridgehead atoms. The number of hydrogen-bond donors (Lipinski definition) is 1. The Balaban J connectivity index is 1.75. The fourth-order valence-corrected chi connectivity index (χ4v) is 2.20. The molecular formula is C17H18N2O2. The van der Waals surface area contributed by atoms with E-state index in [0.717, 1.165) is 22.2 Å². The first kappa shape index (κ1) is 13.5. The molecule has 0 saturated carbocycles. The van der Waals surface area contributed by atoms with Gasteiger partial charge in [0.1, 0.15) is 18.1 Å². The number of aromatic hydroxyl groups is 1. The van der Waals surface area contributed by atoms with Crippen molar-refractivity contribution in [3.8, 4) is 11.5 Å². The van der Waals surface area contributed by atoms with Gasteiger partial charge in [0.05, 0.1) is 5.69 Å². The minimum absolute atomic E-state index is 0.260. The molecule has 0 aliphatic heterocycles. The van der Waals surface area contributed by atoms with Gasteiger partial charge in [-0.1, -0.05) is 12.1 Å². The van der Waals surface area contributed by atoms with Crippen molar-refractivity contribution in [2.24, 2.45) is 0 Å². The van der Waals surface area contributed by atoms with Crippen LogP contribution < -0.4 is 4.74 Å². The van der Waals surface area contributed by atoms with E-state index in [-0.39, 0.29) is 5.75 Å². The van der Waals surface area contributed by atoms with Crippen LogP contribution >= 0.6 is 0 Å². The molecule has 0 atom stereocenters. The highest BCUT2D eigenvalue weighted by Crippen LogP contribution is 2.24. The van der Waals surface area contributed by atoms with Gasteiger partial charge in [-0.05, 0) is 55.0 Å². The second kappa shape index (κ2) is 5.48. The van der Waals surface area contributed by atoms with Crippen LogP contribution in [0.2, 0.25) is 0 Å². The van der Waals surface area contributed by atoms with E-state index in [9.17, 15) is 5.11 Å². The molecule has 0 aliphatic rings. The predicted molar refractivity (Wildman–Crippen MR) is 82.6 cm³/mol. The topological polar surface area (TPSA) is 47.3 Å². The summed E-state index contributed by atoms with van der Waals surface area (Å²) in [7, 11) is 0. The van der Waals surface area contributed by atoms with Gasteiger partial charge < -0.3 is 9.84 Å². The van der Waals surface area contributed by atoms with Crippen molar-refractivity contribution < 1.29 is 9.84 Å². The SMILES string of the molecule is CC(C)n1ccc(COc2ccc3ccc(O)cc3c2)n1. The van der Waals surface area contributed by atoms with Crippen molar-refractivity contribution in [2.75, 3.05) is 0 Å². The molecule has 0 fully saturated rings. The molecule has 0 spiro atoms. The number of ether oxygens (including phenoxy) is 1. The molecule has 108 valence electrons. The Morgan fingerprint density at radius 2 is 1.90 bits per heavy atom. The Hall–Kier alpha value is -2.49. The van der Waals surface area contributed by atoms with Gasteiger partial charge in [0.15, 0.2) is 0 Å². The molecule has 3 rings (SSSR count). The summed E-state index contributed by atoms with van der Waals surface area (Å²) < 4.78 is 7.69. The van der Waals surface area contributed by atoms with Gasteiger partial charge in [-0.25, -0.2) is 0 Å². The molecule has 0 saturated heterocycles. The summed E-state index contributed by atoms with van der Waals surface area (Å²) in [4.78, 5) is 0. The van der Waals surface area contributed by atoms with Crippen LogP contribution in [0.5, 0.6) is 11.5 Å². The zero-order chi connectivity index (χ0) is 14.8. The molecule has 1 aromatic heterocycles. The average Bonchev–Trinajstić information content (AvgIpc) is 2.93. The Kier molecular flexibility index (Phi) is 3.52. The van der Waals surface area contributed by atoms with Crippen LogP contribution in [0.4, 0.5) is 0 Å². The van der Waals surface area contributed by atoms with E-state index >= 15 is 0 Å². The molecule has 21 heavy (non-hydrogen) atoms. The van der Waals surface area contributed by atoms with Crippen LogP contribution in [0, 0.1) is 0 Å². The summed E-state index contributed by atoms with van der Waals surface area (Å²) in [6, 6.07) is 13.5. The summed E-state index contributed by atoms with van der Waals surface area (Å²) in [5.74, 6) is 1.03. The summed E-state index contributed by atoms with van der Waals surface area (Å²) in [6.45, 7) is 4.62. The van der Waals surface area contributed by atoms with Gasteiger partial charge >= 0.3 is 0 Å². The monoisotopic (exact) mass is 282 g/mol. The second-order valence-electron chi connectivity index (χ2n) is 5.36. The largest absolute Gasteiger partial charge is 0.508 e. The van der Waals surface area contributed by atoms with Gasteiger partial charge in [-0.15, -0.1) is 0 Å². The van der Waals surface area contributed by atoms with E-state index in [1.807, 2.05) is 41.2 Å². The minimum Gasteiger partial charge on any atom is -0.508 e. The van der Waals surface area contributed by atoms with Crippen LogP contribution in [0.25, 0.3) is 10.8 Å². The van der Waals surface area contributed by atoms with E-state index < -0.39 is 0 Å². The lowest BCUT2D eigenvalue weighted by Gasteiger charge is -2.07. The van der Waals surface area contributed by atoms with E-state index in [0.29, 0.717) is 12.6 Å². The number of aromatic nitrogens is 2. The third-order valence-corrected chi connectivity index (χ3v) is 3.37. The van der Waals surface area contributed by atoms with Gasteiger partial charge in [0.25, 0.3) is 0 Å². The normalized spacial score (nSPS) is 11.2. The maximum atomic E-state index is 9.53. The number of rotatable bonds is 4. The molecule has 0 amide bonds. The lowest BCUT2D eigenvalue weighted by Crippen LogP contribution is -2.03. The lowest BCUT2D eigenvalue weighted by atomic mass is 10.1. The minimum atomic E-state index is 0.260. The number of benzene rings is 2. The number of phenolic OH excluding ortho intramolecular Hbond substituents is 1. The third kappa shape index (κ3) is 2.99. The van der Waals surface area contributed by atoms with Gasteiger partial charge in [-0.3, -0.25) is 4.68 Å². The van der Waals surface area contributed by atoms with E-state index in [4.69, 9.17) is 4.74 Å². The molecule has 0 unspecified atom stereocenters. The smallest absolute Gasteiger partial charge is 0.132 e. The molecule has 4 nitrogen and oxygen atoms in total. The van der Waals surface area contributed by atoms with Gasteiger partial charge in [0, 0.05) is 12.2 Å². The molecule has 0 aliphatic carbocycles. The first-order chi connectivity index (χ1) is 10.1. The fraction of sp³-hybridized carbons (Fsp3) is 0.235. The highest BCUT2D eigenvalue weighted by molar-refractivity contribution is 5.85. The van der Waals surface area contributed by atoms with Crippen molar-refractivity contribution in [1.29, 1.82) is 0 Å². The first-order valence-electron chi connectivity index (χ1n) is 7.01. The predicted octanol–water partition coefficient (Wildman–Crippen LogP) is 3.90. The second-order valence-corrected chi connectivity index (χ2v) is 5.36. The van der Waals surface area contributed by atoms with E-state index in [1.165, 1.54) is 0 Å². The molecular weight excluding hydrogens is 264 g/mol. The molecule has 0 radical (unpaired) electrons. The third-order valence-electron chi connectivity index (χ3n) is 3.37. The maximum absolute atomic E-state index is 9.53. The van der Waals surface area contributed by atoms with Crippen molar-refractivity contribution in [3.05, 3.63) is 54.4 Å². The summed E-state index contributed by atoms with van der Waals surface area (Å²) in [5.41, 5.74) is 0.903. The number of hydrogen-bond acceptors (Lipinski definition) is 3. The van der Waals surface area contributed by atoms with Gasteiger partial charge in [0.2, 0.25) is 0 Å². The lowest BCUT2D eigenvalue weighted by molar-refractivity contribution is 0.299. The highest BCUT2D eigenvalue weighted by Gasteiger charge is 2.04. The molecule has 2 aromatic carbocycles. The summed E-state index contributed by atoms with van der Waals surface area (Å²) >= 11 is 0. The van der Waals surface area contributed by atoms with Crippen molar-refractivity contribution in [2.45, 2.75) is 26.5 Å². The quantitative estimate of drug-likeness (QED) is 0.789. The summed E-state index contributed by atoms with van der Waals surface area (Å²) in [6.07, 6.45) is 1.96. The van der Waals surface area contributed by atoms with Crippen LogP contribution in [-0.2, 0) is 6.61 Å².